The number of hydrogen-bond donors (Lipinski definition) is 1. The molecule has 0 amide bonds. The summed E-state index contributed by atoms with van der Waals surface area (Å²) >= 11 is 0. The van der Waals surface area contributed by atoms with Crippen LogP contribution in [-0.4, -0.2) is 26.4 Å². The normalized spacial score (nSPS) is 11.7. The molecule has 6 heteroatoms. The molecule has 2 aromatic rings. The van der Waals surface area contributed by atoms with Gasteiger partial charge in [-0.1, -0.05) is 5.16 Å². The van der Waals surface area contributed by atoms with Crippen LogP contribution in [0.3, 0.4) is 0 Å². The molecule has 0 bridgehead atoms. The van der Waals surface area contributed by atoms with Gasteiger partial charge in [-0.3, -0.25) is 0 Å². The maximum atomic E-state index is 11.3. The van der Waals surface area contributed by atoms with Crippen molar-refractivity contribution in [3.05, 3.63) is 36.0 Å². The van der Waals surface area contributed by atoms with Crippen molar-refractivity contribution in [1.29, 1.82) is 0 Å². The fraction of sp³-hybridized carbons (Fsp3) is 0.250. The molecule has 18 heavy (non-hydrogen) atoms. The maximum Gasteiger partial charge on any atom is 0.175 e. The summed E-state index contributed by atoms with van der Waals surface area (Å²) in [6.07, 6.45) is 1.83. The van der Waals surface area contributed by atoms with Crippen molar-refractivity contribution in [3.8, 4) is 11.3 Å². The lowest BCUT2D eigenvalue weighted by Crippen LogP contribution is -2.02. The zero-order valence-corrected chi connectivity index (χ0v) is 10.8. The minimum absolute atomic E-state index is 0.285. The summed E-state index contributed by atoms with van der Waals surface area (Å²) in [4.78, 5) is 0.285. The third kappa shape index (κ3) is 2.77. The van der Waals surface area contributed by atoms with Crippen molar-refractivity contribution >= 4 is 9.84 Å². The first kappa shape index (κ1) is 12.8. The van der Waals surface area contributed by atoms with E-state index in [1.807, 2.05) is 6.07 Å². The largest absolute Gasteiger partial charge is 0.356 e. The van der Waals surface area contributed by atoms with E-state index in [4.69, 9.17) is 10.3 Å². The number of nitrogens with zero attached hydrogens (tertiary/aromatic N) is 1. The molecule has 1 aromatic heterocycles. The quantitative estimate of drug-likeness (QED) is 0.900. The van der Waals surface area contributed by atoms with Crippen LogP contribution in [0, 0.1) is 0 Å². The van der Waals surface area contributed by atoms with Crippen LogP contribution in [0.15, 0.2) is 39.8 Å². The van der Waals surface area contributed by atoms with Gasteiger partial charge in [0.1, 0.15) is 0 Å². The van der Waals surface area contributed by atoms with E-state index in [9.17, 15) is 8.42 Å². The predicted molar refractivity (Wildman–Crippen MR) is 67.8 cm³/mol. The average Bonchev–Trinajstić information content (AvgIpc) is 2.77. The van der Waals surface area contributed by atoms with Gasteiger partial charge in [-0.25, -0.2) is 8.42 Å². The summed E-state index contributed by atoms with van der Waals surface area (Å²) in [5.41, 5.74) is 7.01. The van der Waals surface area contributed by atoms with Crippen LogP contribution in [0.4, 0.5) is 0 Å². The zero-order chi connectivity index (χ0) is 13.2. The lowest BCUT2D eigenvalue weighted by molar-refractivity contribution is 0.423. The lowest BCUT2D eigenvalue weighted by Gasteiger charge is -1.99. The highest BCUT2D eigenvalue weighted by atomic mass is 32.2. The van der Waals surface area contributed by atoms with E-state index in [0.717, 1.165) is 11.3 Å². The SMILES string of the molecule is CS(=O)(=O)c1ccc(-c2cc(CCN)no2)cc1. The van der Waals surface area contributed by atoms with Crippen LogP contribution < -0.4 is 5.73 Å². The first-order chi connectivity index (χ1) is 8.50. The molecule has 0 aliphatic rings. The van der Waals surface area contributed by atoms with Crippen LogP contribution in [-0.2, 0) is 16.3 Å². The average molecular weight is 266 g/mol. The van der Waals surface area contributed by atoms with Gasteiger partial charge in [-0.15, -0.1) is 0 Å². The second kappa shape index (κ2) is 4.91. The minimum atomic E-state index is -3.17. The molecule has 0 saturated heterocycles. The molecule has 2 N–H and O–H groups in total. The Morgan fingerprint density at radius 1 is 1.28 bits per heavy atom. The molecule has 1 aromatic carbocycles. The number of aromatic nitrogens is 1. The molecule has 0 atom stereocenters. The van der Waals surface area contributed by atoms with E-state index < -0.39 is 9.84 Å². The monoisotopic (exact) mass is 266 g/mol. The predicted octanol–water partition coefficient (Wildman–Crippen LogP) is 1.25. The maximum absolute atomic E-state index is 11.3. The summed E-state index contributed by atoms with van der Waals surface area (Å²) in [7, 11) is -3.17. The molecule has 0 spiro atoms. The Labute approximate surface area is 106 Å². The number of nitrogens with two attached hydrogens (primary N) is 1. The van der Waals surface area contributed by atoms with Gasteiger partial charge in [-0.2, -0.15) is 0 Å². The van der Waals surface area contributed by atoms with E-state index in [0.29, 0.717) is 18.7 Å². The topological polar surface area (TPSA) is 86.2 Å². The molecule has 0 saturated carbocycles. The van der Waals surface area contributed by atoms with Crippen LogP contribution in [0.2, 0.25) is 0 Å². The van der Waals surface area contributed by atoms with Gasteiger partial charge in [0.25, 0.3) is 0 Å². The van der Waals surface area contributed by atoms with E-state index in [1.165, 1.54) is 6.26 Å². The summed E-state index contributed by atoms with van der Waals surface area (Å²) < 4.78 is 27.8. The second-order valence-corrected chi connectivity index (χ2v) is 6.03. The Balaban J connectivity index is 2.28. The van der Waals surface area contributed by atoms with E-state index >= 15 is 0 Å². The molecular formula is C12H14N2O3S. The molecule has 0 radical (unpaired) electrons. The zero-order valence-electron chi connectivity index (χ0n) is 9.96. The van der Waals surface area contributed by atoms with Crippen molar-refractivity contribution in [2.45, 2.75) is 11.3 Å². The molecule has 96 valence electrons. The fourth-order valence-corrected chi connectivity index (χ4v) is 2.21. The van der Waals surface area contributed by atoms with Gasteiger partial charge >= 0.3 is 0 Å². The number of rotatable bonds is 4. The molecule has 0 unspecified atom stereocenters. The van der Waals surface area contributed by atoms with Crippen molar-refractivity contribution in [3.63, 3.8) is 0 Å². The third-order valence-corrected chi connectivity index (χ3v) is 3.65. The van der Waals surface area contributed by atoms with E-state index in [1.54, 1.807) is 24.3 Å². The molecule has 5 nitrogen and oxygen atoms in total. The number of benzene rings is 1. The van der Waals surface area contributed by atoms with Crippen LogP contribution in [0.5, 0.6) is 0 Å². The Morgan fingerprint density at radius 2 is 1.94 bits per heavy atom. The summed E-state index contributed by atoms with van der Waals surface area (Å²) in [6.45, 7) is 0.513. The number of hydrogen-bond acceptors (Lipinski definition) is 5. The Morgan fingerprint density at radius 3 is 2.50 bits per heavy atom. The first-order valence-corrected chi connectivity index (χ1v) is 7.36. The summed E-state index contributed by atoms with van der Waals surface area (Å²) in [6, 6.07) is 8.31. The second-order valence-electron chi connectivity index (χ2n) is 4.02. The van der Waals surface area contributed by atoms with E-state index in [2.05, 4.69) is 5.16 Å². The third-order valence-electron chi connectivity index (χ3n) is 2.53. The highest BCUT2D eigenvalue weighted by Gasteiger charge is 2.09. The van der Waals surface area contributed by atoms with Crippen LogP contribution in [0.25, 0.3) is 11.3 Å². The Hall–Kier alpha value is -1.66. The highest BCUT2D eigenvalue weighted by Crippen LogP contribution is 2.22. The highest BCUT2D eigenvalue weighted by molar-refractivity contribution is 7.90. The van der Waals surface area contributed by atoms with Gasteiger partial charge in [0.2, 0.25) is 0 Å². The van der Waals surface area contributed by atoms with Gasteiger partial charge in [0.15, 0.2) is 15.6 Å². The Bertz CT molecular complexity index is 630. The Kier molecular flexibility index (Phi) is 3.49. The van der Waals surface area contributed by atoms with Crippen molar-refractivity contribution < 1.29 is 12.9 Å². The van der Waals surface area contributed by atoms with Gasteiger partial charge in [-0.05, 0) is 30.8 Å². The fourth-order valence-electron chi connectivity index (χ4n) is 1.58. The molecule has 0 fully saturated rings. The minimum Gasteiger partial charge on any atom is -0.356 e. The number of sulfone groups is 1. The van der Waals surface area contributed by atoms with Gasteiger partial charge < -0.3 is 10.3 Å². The molecular weight excluding hydrogens is 252 g/mol. The molecule has 0 aliphatic carbocycles. The first-order valence-electron chi connectivity index (χ1n) is 5.47. The molecule has 1 heterocycles. The van der Waals surface area contributed by atoms with Crippen molar-refractivity contribution in [2.24, 2.45) is 5.73 Å². The summed E-state index contributed by atoms with van der Waals surface area (Å²) in [5.74, 6) is 0.610. The smallest absolute Gasteiger partial charge is 0.175 e. The van der Waals surface area contributed by atoms with Crippen molar-refractivity contribution in [2.75, 3.05) is 12.8 Å². The van der Waals surface area contributed by atoms with Crippen LogP contribution in [0.1, 0.15) is 5.69 Å². The summed E-state index contributed by atoms with van der Waals surface area (Å²) in [5, 5.41) is 3.88. The van der Waals surface area contributed by atoms with E-state index in [-0.39, 0.29) is 4.90 Å². The lowest BCUT2D eigenvalue weighted by atomic mass is 10.1. The van der Waals surface area contributed by atoms with Gasteiger partial charge in [0, 0.05) is 24.3 Å². The van der Waals surface area contributed by atoms with Crippen molar-refractivity contribution in [1.82, 2.24) is 5.16 Å². The molecule has 0 aliphatic heterocycles. The van der Waals surface area contributed by atoms with Gasteiger partial charge in [0.05, 0.1) is 10.6 Å². The van der Waals surface area contributed by atoms with Crippen LogP contribution >= 0.6 is 0 Å². The molecule has 2 rings (SSSR count). The standard InChI is InChI=1S/C12H14N2O3S/c1-18(15,16)11-4-2-9(3-5-11)12-8-10(6-7-13)14-17-12/h2-5,8H,6-7,13H2,1H3.